The van der Waals surface area contributed by atoms with E-state index in [-0.39, 0.29) is 0 Å². The van der Waals surface area contributed by atoms with Crippen molar-refractivity contribution in [3.05, 3.63) is 17.9 Å². The lowest BCUT2D eigenvalue weighted by molar-refractivity contribution is 0.500. The van der Waals surface area contributed by atoms with Crippen molar-refractivity contribution in [2.24, 2.45) is 11.5 Å². The summed E-state index contributed by atoms with van der Waals surface area (Å²) < 4.78 is 0. The Labute approximate surface area is 115 Å². The Balaban J connectivity index is 0. The number of allylic oxidation sites excluding steroid dienone is 1. The Morgan fingerprint density at radius 1 is 1.06 bits per heavy atom. The second-order valence-corrected chi connectivity index (χ2v) is 5.07. The van der Waals surface area contributed by atoms with Gasteiger partial charge in [-0.15, -0.1) is 5.73 Å². The van der Waals surface area contributed by atoms with Crippen LogP contribution in [0.4, 0.5) is 0 Å². The van der Waals surface area contributed by atoms with Crippen LogP contribution < -0.4 is 11.5 Å². The molecular formula is C16H34N2. The molecule has 0 aliphatic heterocycles. The Morgan fingerprint density at radius 2 is 1.56 bits per heavy atom. The monoisotopic (exact) mass is 254 g/mol. The Morgan fingerprint density at radius 3 is 1.94 bits per heavy atom. The van der Waals surface area contributed by atoms with E-state index in [1.807, 2.05) is 13.8 Å². The molecule has 1 atom stereocenters. The van der Waals surface area contributed by atoms with Gasteiger partial charge in [0, 0.05) is 6.04 Å². The summed E-state index contributed by atoms with van der Waals surface area (Å²) in [6.45, 7) is 10.4. The van der Waals surface area contributed by atoms with E-state index in [9.17, 15) is 0 Å². The molecule has 108 valence electrons. The minimum absolute atomic E-state index is 0.435. The van der Waals surface area contributed by atoms with Gasteiger partial charge in [-0.25, -0.2) is 0 Å². The third kappa shape index (κ3) is 20.8. The van der Waals surface area contributed by atoms with Crippen LogP contribution >= 0.6 is 0 Å². The summed E-state index contributed by atoms with van der Waals surface area (Å²) in [5.74, 6) is 0. The van der Waals surface area contributed by atoms with E-state index >= 15 is 0 Å². The second kappa shape index (κ2) is 16.4. The standard InChI is InChI=1S/C11H26N2.C5H8/c1-2-3-5-8-11(13)9-6-4-7-10-12;1-4-5(2)3/h11H,2-10,12-13H2,1H3;1H2,2-3H3. The molecule has 0 spiro atoms. The topological polar surface area (TPSA) is 52.0 Å². The van der Waals surface area contributed by atoms with Gasteiger partial charge in [0.05, 0.1) is 0 Å². The van der Waals surface area contributed by atoms with Crippen LogP contribution in [-0.2, 0) is 0 Å². The first-order valence-electron chi connectivity index (χ1n) is 7.37. The van der Waals surface area contributed by atoms with Gasteiger partial charge in [-0.3, -0.25) is 0 Å². The van der Waals surface area contributed by atoms with E-state index in [4.69, 9.17) is 11.5 Å². The molecule has 0 aliphatic rings. The molecule has 0 aromatic heterocycles. The molecule has 1 unspecified atom stereocenters. The predicted octanol–water partition coefficient (Wildman–Crippen LogP) is 4.15. The zero-order valence-electron chi connectivity index (χ0n) is 12.8. The smallest absolute Gasteiger partial charge is 0.00388 e. The van der Waals surface area contributed by atoms with Crippen LogP contribution in [0.3, 0.4) is 0 Å². The summed E-state index contributed by atoms with van der Waals surface area (Å²) in [5, 5.41) is 0. The van der Waals surface area contributed by atoms with Crippen LogP contribution in [0.15, 0.2) is 17.9 Å². The van der Waals surface area contributed by atoms with Crippen molar-refractivity contribution < 1.29 is 0 Å². The van der Waals surface area contributed by atoms with Gasteiger partial charge in [-0.1, -0.05) is 45.6 Å². The largest absolute Gasteiger partial charge is 0.330 e. The summed E-state index contributed by atoms with van der Waals surface area (Å²) in [6, 6.07) is 0.435. The second-order valence-electron chi connectivity index (χ2n) is 5.07. The molecule has 0 aliphatic carbocycles. The number of hydrogen-bond donors (Lipinski definition) is 2. The molecule has 2 heteroatoms. The van der Waals surface area contributed by atoms with Crippen LogP contribution in [0.1, 0.15) is 72.1 Å². The van der Waals surface area contributed by atoms with E-state index in [1.165, 1.54) is 44.9 Å². The highest BCUT2D eigenvalue weighted by atomic mass is 14.6. The van der Waals surface area contributed by atoms with E-state index in [0.29, 0.717) is 6.04 Å². The molecule has 0 saturated heterocycles. The van der Waals surface area contributed by atoms with Crippen LogP contribution in [0.5, 0.6) is 0 Å². The van der Waals surface area contributed by atoms with Crippen molar-refractivity contribution in [2.45, 2.75) is 78.2 Å². The van der Waals surface area contributed by atoms with Crippen LogP contribution in [0, 0.1) is 0 Å². The van der Waals surface area contributed by atoms with Crippen molar-refractivity contribution >= 4 is 0 Å². The van der Waals surface area contributed by atoms with Gasteiger partial charge in [0.25, 0.3) is 0 Å². The molecule has 0 radical (unpaired) electrons. The Hall–Kier alpha value is -0.560. The van der Waals surface area contributed by atoms with E-state index < -0.39 is 0 Å². The van der Waals surface area contributed by atoms with E-state index in [0.717, 1.165) is 18.5 Å². The minimum Gasteiger partial charge on any atom is -0.330 e. The fourth-order valence-corrected chi connectivity index (χ4v) is 1.53. The maximum atomic E-state index is 5.97. The third-order valence-electron chi connectivity index (χ3n) is 2.81. The fraction of sp³-hybridized carbons (Fsp3) is 0.812. The summed E-state index contributed by atoms with van der Waals surface area (Å²) in [5.41, 5.74) is 15.2. The van der Waals surface area contributed by atoms with Gasteiger partial charge in [0.1, 0.15) is 0 Å². The quantitative estimate of drug-likeness (QED) is 0.480. The molecule has 18 heavy (non-hydrogen) atoms. The van der Waals surface area contributed by atoms with Crippen molar-refractivity contribution in [2.75, 3.05) is 6.54 Å². The van der Waals surface area contributed by atoms with E-state index in [2.05, 4.69) is 19.2 Å². The van der Waals surface area contributed by atoms with Gasteiger partial charge in [-0.2, -0.15) is 0 Å². The van der Waals surface area contributed by atoms with Crippen molar-refractivity contribution in [3.63, 3.8) is 0 Å². The van der Waals surface area contributed by atoms with E-state index in [1.54, 1.807) is 0 Å². The Bertz CT molecular complexity index is 201. The normalized spacial score (nSPS) is 11.2. The molecule has 0 fully saturated rings. The molecule has 0 bridgehead atoms. The predicted molar refractivity (Wildman–Crippen MR) is 83.6 cm³/mol. The first kappa shape index (κ1) is 19.8. The lowest BCUT2D eigenvalue weighted by Gasteiger charge is -2.10. The van der Waals surface area contributed by atoms with Crippen molar-refractivity contribution in [3.8, 4) is 0 Å². The lowest BCUT2D eigenvalue weighted by atomic mass is 10.0. The van der Waals surface area contributed by atoms with Gasteiger partial charge in [0.2, 0.25) is 0 Å². The summed E-state index contributed by atoms with van der Waals surface area (Å²) in [4.78, 5) is 0. The molecule has 0 rings (SSSR count). The van der Waals surface area contributed by atoms with Crippen molar-refractivity contribution in [1.29, 1.82) is 0 Å². The molecule has 0 aromatic carbocycles. The maximum Gasteiger partial charge on any atom is 0.00388 e. The zero-order valence-corrected chi connectivity index (χ0v) is 12.8. The van der Waals surface area contributed by atoms with Gasteiger partial charge < -0.3 is 11.5 Å². The average molecular weight is 254 g/mol. The maximum absolute atomic E-state index is 5.97. The fourth-order valence-electron chi connectivity index (χ4n) is 1.53. The van der Waals surface area contributed by atoms with Crippen LogP contribution in [-0.4, -0.2) is 12.6 Å². The zero-order chi connectivity index (χ0) is 14.2. The van der Waals surface area contributed by atoms with Crippen LogP contribution in [0.2, 0.25) is 0 Å². The highest BCUT2D eigenvalue weighted by Gasteiger charge is 2.00. The highest BCUT2D eigenvalue weighted by molar-refractivity contribution is 4.87. The molecular weight excluding hydrogens is 220 g/mol. The summed E-state index contributed by atoms with van der Waals surface area (Å²) in [6.07, 6.45) is 9.97. The number of unbranched alkanes of at least 4 members (excludes halogenated alkanes) is 4. The first-order valence-corrected chi connectivity index (χ1v) is 7.37. The molecule has 0 saturated carbocycles. The summed E-state index contributed by atoms with van der Waals surface area (Å²) >= 11 is 0. The molecule has 4 N–H and O–H groups in total. The highest BCUT2D eigenvalue weighted by Crippen LogP contribution is 2.08. The molecule has 0 amide bonds. The lowest BCUT2D eigenvalue weighted by Crippen LogP contribution is -2.19. The third-order valence-corrected chi connectivity index (χ3v) is 2.81. The average Bonchev–Trinajstić information content (AvgIpc) is 2.36. The Kier molecular flexibility index (Phi) is 18.1. The number of nitrogens with two attached hydrogens (primary N) is 2. The number of hydrogen-bond acceptors (Lipinski definition) is 2. The molecule has 0 heterocycles. The molecule has 2 nitrogen and oxygen atoms in total. The van der Waals surface area contributed by atoms with Gasteiger partial charge >= 0.3 is 0 Å². The SMILES string of the molecule is C=C=C(C)C.CCCCCC(N)CCCCCN. The minimum atomic E-state index is 0.435. The van der Waals surface area contributed by atoms with Gasteiger partial charge in [0.15, 0.2) is 0 Å². The summed E-state index contributed by atoms with van der Waals surface area (Å²) in [7, 11) is 0. The van der Waals surface area contributed by atoms with Gasteiger partial charge in [-0.05, 0) is 45.2 Å². The first-order chi connectivity index (χ1) is 8.58. The van der Waals surface area contributed by atoms with Crippen molar-refractivity contribution in [1.82, 2.24) is 0 Å². The number of rotatable bonds is 9. The molecule has 0 aromatic rings. The van der Waals surface area contributed by atoms with Crippen LogP contribution in [0.25, 0.3) is 0 Å².